The highest BCUT2D eigenvalue weighted by atomic mass is 16.5. The monoisotopic (exact) mass is 316 g/mol. The molecule has 0 radical (unpaired) electrons. The Bertz CT molecular complexity index is 633. The summed E-state index contributed by atoms with van der Waals surface area (Å²) in [7, 11) is 0. The van der Waals surface area contributed by atoms with E-state index in [4.69, 9.17) is 4.74 Å². The molecular weight excluding hydrogens is 292 g/mol. The number of Topliss-reactive ketones (excluding diaryl/α,β-unsaturated/α-hetero) is 1. The second-order valence-electron chi connectivity index (χ2n) is 7.02. The minimum Gasteiger partial charge on any atom is -0.484 e. The Hall–Kier alpha value is -1.88. The summed E-state index contributed by atoms with van der Waals surface area (Å²) in [6.45, 7) is 6.82. The molecule has 3 rings (SSSR count). The summed E-state index contributed by atoms with van der Waals surface area (Å²) in [5, 5.41) is 3.28. The topological polar surface area (TPSA) is 58.6 Å². The van der Waals surface area contributed by atoms with E-state index >= 15 is 0 Å². The van der Waals surface area contributed by atoms with E-state index in [-0.39, 0.29) is 17.7 Å². The van der Waals surface area contributed by atoms with Crippen LogP contribution in [0.3, 0.4) is 0 Å². The first kappa shape index (κ1) is 16.0. The van der Waals surface area contributed by atoms with Gasteiger partial charge < -0.3 is 15.0 Å². The van der Waals surface area contributed by atoms with E-state index in [9.17, 15) is 9.59 Å². The number of rotatable bonds is 2. The van der Waals surface area contributed by atoms with E-state index in [0.29, 0.717) is 23.5 Å². The zero-order valence-corrected chi connectivity index (χ0v) is 14.0. The number of nitrogens with zero attached hydrogens (tertiary/aromatic N) is 1. The van der Waals surface area contributed by atoms with E-state index in [1.165, 1.54) is 0 Å². The molecule has 0 aliphatic carbocycles. The van der Waals surface area contributed by atoms with Gasteiger partial charge in [0.25, 0.3) is 0 Å². The van der Waals surface area contributed by atoms with Crippen LogP contribution in [0.5, 0.6) is 5.75 Å². The second kappa shape index (κ2) is 5.96. The molecule has 124 valence electrons. The number of benzene rings is 1. The summed E-state index contributed by atoms with van der Waals surface area (Å²) in [6, 6.07) is 5.29. The Kier molecular flexibility index (Phi) is 4.15. The van der Waals surface area contributed by atoms with Gasteiger partial charge in [0.05, 0.1) is 18.3 Å². The summed E-state index contributed by atoms with van der Waals surface area (Å²) < 4.78 is 5.96. The number of amides is 1. The molecule has 0 saturated carbocycles. The van der Waals surface area contributed by atoms with Crippen LogP contribution in [0.15, 0.2) is 18.2 Å². The molecule has 2 heterocycles. The normalized spacial score (nSPS) is 22.9. The fourth-order valence-corrected chi connectivity index (χ4v) is 3.32. The van der Waals surface area contributed by atoms with Crippen LogP contribution in [0.2, 0.25) is 0 Å². The number of carbonyl (C=O) groups is 2. The van der Waals surface area contributed by atoms with Crippen molar-refractivity contribution < 1.29 is 14.3 Å². The van der Waals surface area contributed by atoms with Crippen LogP contribution in [0.1, 0.15) is 50.4 Å². The summed E-state index contributed by atoms with van der Waals surface area (Å²) in [5.74, 6) is 0.716. The number of anilines is 1. The SMILES string of the molecule is CC(=O)N1CC(C)(C)Oc2ccc(C(=O)C3CCCCN3)cc21. The molecule has 23 heavy (non-hydrogen) atoms. The first-order valence-electron chi connectivity index (χ1n) is 8.26. The molecule has 1 aromatic rings. The summed E-state index contributed by atoms with van der Waals surface area (Å²) in [6.07, 6.45) is 3.07. The van der Waals surface area contributed by atoms with Crippen molar-refractivity contribution >= 4 is 17.4 Å². The van der Waals surface area contributed by atoms with Crippen molar-refractivity contribution in [3.63, 3.8) is 0 Å². The highest BCUT2D eigenvalue weighted by molar-refractivity contribution is 6.03. The van der Waals surface area contributed by atoms with Crippen molar-refractivity contribution in [1.29, 1.82) is 0 Å². The van der Waals surface area contributed by atoms with Gasteiger partial charge >= 0.3 is 0 Å². The molecule has 5 heteroatoms. The predicted octanol–water partition coefficient (Wildman–Crippen LogP) is 2.54. The molecule has 0 bridgehead atoms. The van der Waals surface area contributed by atoms with Crippen LogP contribution in [0.25, 0.3) is 0 Å². The third-order valence-corrected chi connectivity index (χ3v) is 4.47. The zero-order valence-electron chi connectivity index (χ0n) is 14.0. The Balaban J connectivity index is 1.93. The average molecular weight is 316 g/mol. The maximum atomic E-state index is 12.7. The van der Waals surface area contributed by atoms with Crippen LogP contribution >= 0.6 is 0 Å². The van der Waals surface area contributed by atoms with E-state index in [1.54, 1.807) is 24.0 Å². The van der Waals surface area contributed by atoms with Gasteiger partial charge in [-0.05, 0) is 51.4 Å². The Morgan fingerprint density at radius 2 is 2.09 bits per heavy atom. The summed E-state index contributed by atoms with van der Waals surface area (Å²) >= 11 is 0. The van der Waals surface area contributed by atoms with Crippen molar-refractivity contribution in [2.24, 2.45) is 0 Å². The van der Waals surface area contributed by atoms with Crippen LogP contribution < -0.4 is 15.0 Å². The van der Waals surface area contributed by atoms with Gasteiger partial charge in [0.2, 0.25) is 5.91 Å². The number of fused-ring (bicyclic) bond motifs is 1. The minimum absolute atomic E-state index is 0.0389. The number of carbonyl (C=O) groups excluding carboxylic acids is 2. The molecule has 1 saturated heterocycles. The number of piperidine rings is 1. The lowest BCUT2D eigenvalue weighted by Crippen LogP contribution is -2.48. The van der Waals surface area contributed by atoms with Gasteiger partial charge in [-0.3, -0.25) is 9.59 Å². The number of ketones is 1. The minimum atomic E-state index is -0.435. The average Bonchev–Trinajstić information content (AvgIpc) is 2.53. The molecule has 2 aliphatic rings. The van der Waals surface area contributed by atoms with Crippen molar-refractivity contribution in [3.05, 3.63) is 23.8 Å². The standard InChI is InChI=1S/C18H24N2O3/c1-12(21)20-11-18(2,3)23-16-8-7-13(10-15(16)20)17(22)14-6-4-5-9-19-14/h7-8,10,14,19H,4-6,9,11H2,1-3H3. The quantitative estimate of drug-likeness (QED) is 0.852. The molecule has 1 atom stereocenters. The smallest absolute Gasteiger partial charge is 0.224 e. The van der Waals surface area contributed by atoms with Crippen LogP contribution in [0, 0.1) is 0 Å². The van der Waals surface area contributed by atoms with Gasteiger partial charge in [-0.15, -0.1) is 0 Å². The maximum absolute atomic E-state index is 12.7. The van der Waals surface area contributed by atoms with Crippen LogP contribution in [-0.4, -0.2) is 36.4 Å². The molecule has 1 unspecified atom stereocenters. The second-order valence-corrected chi connectivity index (χ2v) is 7.02. The Labute approximate surface area is 137 Å². The Morgan fingerprint density at radius 3 is 2.74 bits per heavy atom. The van der Waals surface area contributed by atoms with Crippen molar-refractivity contribution in [2.75, 3.05) is 18.0 Å². The van der Waals surface area contributed by atoms with Gasteiger partial charge in [0.15, 0.2) is 5.78 Å². The number of nitrogens with one attached hydrogen (secondary N) is 1. The van der Waals surface area contributed by atoms with Crippen molar-refractivity contribution in [3.8, 4) is 5.75 Å². The molecule has 1 fully saturated rings. The molecule has 1 aromatic carbocycles. The summed E-state index contributed by atoms with van der Waals surface area (Å²) in [4.78, 5) is 26.4. The highest BCUT2D eigenvalue weighted by Crippen LogP contribution is 2.38. The molecule has 5 nitrogen and oxygen atoms in total. The van der Waals surface area contributed by atoms with Crippen LogP contribution in [-0.2, 0) is 4.79 Å². The lowest BCUT2D eigenvalue weighted by molar-refractivity contribution is -0.117. The molecule has 0 spiro atoms. The molecule has 2 aliphatic heterocycles. The zero-order chi connectivity index (χ0) is 16.6. The third-order valence-electron chi connectivity index (χ3n) is 4.47. The fourth-order valence-electron chi connectivity index (χ4n) is 3.32. The van der Waals surface area contributed by atoms with E-state index < -0.39 is 5.60 Å². The lowest BCUT2D eigenvalue weighted by Gasteiger charge is -2.39. The molecular formula is C18H24N2O3. The van der Waals surface area contributed by atoms with Crippen LogP contribution in [0.4, 0.5) is 5.69 Å². The van der Waals surface area contributed by atoms with Crippen molar-refractivity contribution in [2.45, 2.75) is 51.7 Å². The van der Waals surface area contributed by atoms with Gasteiger partial charge in [-0.2, -0.15) is 0 Å². The van der Waals surface area contributed by atoms with Gasteiger partial charge in [0.1, 0.15) is 11.4 Å². The highest BCUT2D eigenvalue weighted by Gasteiger charge is 2.34. The van der Waals surface area contributed by atoms with E-state index in [1.807, 2.05) is 19.9 Å². The lowest BCUT2D eigenvalue weighted by atomic mass is 9.95. The molecule has 1 amide bonds. The van der Waals surface area contributed by atoms with Gasteiger partial charge in [-0.25, -0.2) is 0 Å². The van der Waals surface area contributed by atoms with Gasteiger partial charge in [-0.1, -0.05) is 6.42 Å². The summed E-state index contributed by atoms with van der Waals surface area (Å²) in [5.41, 5.74) is 0.894. The maximum Gasteiger partial charge on any atom is 0.224 e. The van der Waals surface area contributed by atoms with E-state index in [0.717, 1.165) is 25.8 Å². The first-order valence-corrected chi connectivity index (χ1v) is 8.26. The van der Waals surface area contributed by atoms with E-state index in [2.05, 4.69) is 5.32 Å². The predicted molar refractivity (Wildman–Crippen MR) is 89.1 cm³/mol. The van der Waals surface area contributed by atoms with Crippen molar-refractivity contribution in [1.82, 2.24) is 5.32 Å². The number of hydrogen-bond donors (Lipinski definition) is 1. The fraction of sp³-hybridized carbons (Fsp3) is 0.556. The van der Waals surface area contributed by atoms with Gasteiger partial charge in [0, 0.05) is 12.5 Å². The molecule has 0 aromatic heterocycles. The Morgan fingerprint density at radius 1 is 1.30 bits per heavy atom. The number of hydrogen-bond acceptors (Lipinski definition) is 4. The third kappa shape index (κ3) is 3.24. The molecule has 1 N–H and O–H groups in total. The largest absolute Gasteiger partial charge is 0.484 e. The first-order chi connectivity index (χ1) is 10.9. The number of ether oxygens (including phenoxy) is 1.